The lowest BCUT2D eigenvalue weighted by molar-refractivity contribution is -0.133. The Hall–Kier alpha value is -2.51. The number of aliphatic carboxylic acids is 1. The number of aryl methyl sites for hydroxylation is 1. The number of carboxylic acid groups (broad SMARTS) is 1. The highest BCUT2D eigenvalue weighted by molar-refractivity contribution is 7.99. The van der Waals surface area contributed by atoms with E-state index in [-0.39, 0.29) is 12.4 Å². The lowest BCUT2D eigenvalue weighted by Crippen LogP contribution is -2.09. The Morgan fingerprint density at radius 1 is 1.19 bits per heavy atom. The Morgan fingerprint density at radius 2 is 1.93 bits per heavy atom. The molecule has 0 amide bonds. The lowest BCUT2D eigenvalue weighted by Gasteiger charge is -2.14. The molecular formula is C19H18ClN3O3S. The quantitative estimate of drug-likeness (QED) is 0.567. The maximum atomic E-state index is 11.0. The molecular weight excluding hydrogens is 386 g/mol. The van der Waals surface area contributed by atoms with Crippen LogP contribution in [-0.2, 0) is 17.8 Å². The van der Waals surface area contributed by atoms with E-state index >= 15 is 0 Å². The Morgan fingerprint density at radius 3 is 2.63 bits per heavy atom. The Labute approximate surface area is 166 Å². The first-order valence-electron chi connectivity index (χ1n) is 8.34. The molecule has 8 heteroatoms. The van der Waals surface area contributed by atoms with E-state index in [9.17, 15) is 4.79 Å². The van der Waals surface area contributed by atoms with Crippen molar-refractivity contribution < 1.29 is 14.6 Å². The van der Waals surface area contributed by atoms with Gasteiger partial charge in [-0.1, -0.05) is 48.5 Å². The normalized spacial score (nSPS) is 10.7. The average molecular weight is 404 g/mol. The predicted molar refractivity (Wildman–Crippen MR) is 105 cm³/mol. The predicted octanol–water partition coefficient (Wildman–Crippen LogP) is 4.24. The Kier molecular flexibility index (Phi) is 6.36. The van der Waals surface area contributed by atoms with Crippen LogP contribution in [0, 0.1) is 0 Å². The smallest absolute Gasteiger partial charge is 0.313 e. The van der Waals surface area contributed by atoms with E-state index in [1.807, 2.05) is 28.8 Å². The summed E-state index contributed by atoms with van der Waals surface area (Å²) in [6, 6.07) is 15.0. The van der Waals surface area contributed by atoms with Gasteiger partial charge in [-0.3, -0.25) is 9.36 Å². The van der Waals surface area contributed by atoms with Gasteiger partial charge in [0.15, 0.2) is 11.0 Å². The molecule has 1 aromatic heterocycles. The van der Waals surface area contributed by atoms with Crippen LogP contribution in [0.2, 0.25) is 5.02 Å². The number of para-hydroxylation sites is 1. The second-order valence-electron chi connectivity index (χ2n) is 5.64. The van der Waals surface area contributed by atoms with E-state index in [1.54, 1.807) is 24.3 Å². The van der Waals surface area contributed by atoms with E-state index in [1.165, 1.54) is 0 Å². The van der Waals surface area contributed by atoms with Crippen molar-refractivity contribution in [3.63, 3.8) is 0 Å². The zero-order valence-electron chi connectivity index (χ0n) is 14.6. The first kappa shape index (κ1) is 19.3. The second-order valence-corrected chi connectivity index (χ2v) is 7.02. The topological polar surface area (TPSA) is 77.2 Å². The van der Waals surface area contributed by atoms with Crippen molar-refractivity contribution in [1.29, 1.82) is 0 Å². The molecule has 2 aromatic carbocycles. The molecule has 3 rings (SSSR count). The number of ether oxygens (including phenoxy) is 1. The number of hydrogen-bond acceptors (Lipinski definition) is 5. The molecule has 0 unspecified atom stereocenters. The van der Waals surface area contributed by atoms with Crippen LogP contribution in [0.1, 0.15) is 18.3 Å². The van der Waals surface area contributed by atoms with Gasteiger partial charge in [-0.25, -0.2) is 0 Å². The molecule has 0 saturated carbocycles. The number of benzene rings is 2. The van der Waals surface area contributed by atoms with E-state index < -0.39 is 5.97 Å². The number of hydrogen-bond donors (Lipinski definition) is 1. The third kappa shape index (κ3) is 4.81. The van der Waals surface area contributed by atoms with Crippen LogP contribution in [0.5, 0.6) is 5.75 Å². The second kappa shape index (κ2) is 8.92. The van der Waals surface area contributed by atoms with Crippen LogP contribution in [0.4, 0.5) is 0 Å². The summed E-state index contributed by atoms with van der Waals surface area (Å²) in [5, 5.41) is 18.6. The van der Waals surface area contributed by atoms with Gasteiger partial charge in [-0.05, 0) is 42.3 Å². The maximum absolute atomic E-state index is 11.0. The SMILES string of the molecule is CCc1ccccc1-n1c(COc2ccc(Cl)cc2)nnc1SCC(=O)O. The number of carboxylic acids is 1. The van der Waals surface area contributed by atoms with Gasteiger partial charge in [0.1, 0.15) is 12.4 Å². The van der Waals surface area contributed by atoms with Crippen molar-refractivity contribution in [2.24, 2.45) is 0 Å². The fourth-order valence-electron chi connectivity index (χ4n) is 2.56. The minimum absolute atomic E-state index is 0.0928. The number of aromatic nitrogens is 3. The molecule has 0 fully saturated rings. The minimum Gasteiger partial charge on any atom is -0.486 e. The van der Waals surface area contributed by atoms with Crippen LogP contribution < -0.4 is 4.74 Å². The van der Waals surface area contributed by atoms with Gasteiger partial charge in [0, 0.05) is 5.02 Å². The number of halogens is 1. The van der Waals surface area contributed by atoms with Crippen molar-refractivity contribution in [2.45, 2.75) is 25.1 Å². The summed E-state index contributed by atoms with van der Waals surface area (Å²) < 4.78 is 7.68. The average Bonchev–Trinajstić information content (AvgIpc) is 3.08. The number of carbonyl (C=O) groups is 1. The first-order chi connectivity index (χ1) is 13.1. The Bertz CT molecular complexity index is 928. The summed E-state index contributed by atoms with van der Waals surface area (Å²) in [7, 11) is 0. The van der Waals surface area contributed by atoms with Gasteiger partial charge in [0.2, 0.25) is 0 Å². The van der Waals surface area contributed by atoms with Gasteiger partial charge in [0.25, 0.3) is 0 Å². The monoisotopic (exact) mass is 403 g/mol. The molecule has 0 spiro atoms. The van der Waals surface area contributed by atoms with Crippen molar-refractivity contribution in [1.82, 2.24) is 14.8 Å². The van der Waals surface area contributed by atoms with Crippen molar-refractivity contribution in [3.05, 3.63) is 64.9 Å². The van der Waals surface area contributed by atoms with E-state index in [0.29, 0.717) is 21.8 Å². The summed E-state index contributed by atoms with van der Waals surface area (Å²) >= 11 is 7.03. The van der Waals surface area contributed by atoms with Crippen molar-refractivity contribution in [3.8, 4) is 11.4 Å². The molecule has 0 saturated heterocycles. The molecule has 1 N–H and O–H groups in total. The molecule has 140 valence electrons. The molecule has 0 bridgehead atoms. The van der Waals surface area contributed by atoms with Crippen LogP contribution in [-0.4, -0.2) is 31.6 Å². The van der Waals surface area contributed by atoms with Crippen molar-refractivity contribution in [2.75, 3.05) is 5.75 Å². The summed E-state index contributed by atoms with van der Waals surface area (Å²) in [4.78, 5) is 11.0. The van der Waals surface area contributed by atoms with E-state index in [4.69, 9.17) is 21.4 Å². The summed E-state index contributed by atoms with van der Waals surface area (Å²) in [5.41, 5.74) is 2.04. The molecule has 1 heterocycles. The summed E-state index contributed by atoms with van der Waals surface area (Å²) in [6.45, 7) is 2.26. The van der Waals surface area contributed by atoms with Crippen molar-refractivity contribution >= 4 is 29.3 Å². The van der Waals surface area contributed by atoms with Gasteiger partial charge >= 0.3 is 5.97 Å². The highest BCUT2D eigenvalue weighted by Gasteiger charge is 2.18. The summed E-state index contributed by atoms with van der Waals surface area (Å²) in [5.74, 6) is 0.262. The van der Waals surface area contributed by atoms with E-state index in [2.05, 4.69) is 17.1 Å². The molecule has 0 aliphatic carbocycles. The standard InChI is InChI=1S/C19H18ClN3O3S/c1-2-13-5-3-4-6-16(13)23-17(21-22-19(23)27-12-18(24)25)11-26-15-9-7-14(20)8-10-15/h3-10H,2,11-12H2,1H3,(H,24,25). The van der Waals surface area contributed by atoms with Crippen LogP contribution >= 0.6 is 23.4 Å². The number of thioether (sulfide) groups is 1. The molecule has 6 nitrogen and oxygen atoms in total. The van der Waals surface area contributed by atoms with Gasteiger partial charge in [-0.15, -0.1) is 10.2 Å². The zero-order chi connectivity index (χ0) is 19.2. The highest BCUT2D eigenvalue weighted by atomic mass is 35.5. The molecule has 3 aromatic rings. The molecule has 0 aliphatic rings. The van der Waals surface area contributed by atoms with Gasteiger partial charge in [0.05, 0.1) is 11.4 Å². The fraction of sp³-hybridized carbons (Fsp3) is 0.211. The molecule has 0 aliphatic heterocycles. The molecule has 0 atom stereocenters. The summed E-state index contributed by atoms with van der Waals surface area (Å²) in [6.07, 6.45) is 0.828. The third-order valence-corrected chi connectivity index (χ3v) is 4.99. The van der Waals surface area contributed by atoms with Gasteiger partial charge in [-0.2, -0.15) is 0 Å². The maximum Gasteiger partial charge on any atom is 0.313 e. The highest BCUT2D eigenvalue weighted by Crippen LogP contribution is 2.26. The van der Waals surface area contributed by atoms with E-state index in [0.717, 1.165) is 29.4 Å². The minimum atomic E-state index is -0.905. The molecule has 27 heavy (non-hydrogen) atoms. The van der Waals surface area contributed by atoms with Gasteiger partial charge < -0.3 is 9.84 Å². The fourth-order valence-corrected chi connectivity index (χ4v) is 3.37. The van der Waals surface area contributed by atoms with Crippen LogP contribution in [0.25, 0.3) is 5.69 Å². The number of nitrogens with zero attached hydrogens (tertiary/aromatic N) is 3. The zero-order valence-corrected chi connectivity index (χ0v) is 16.2. The first-order valence-corrected chi connectivity index (χ1v) is 9.70. The molecule has 0 radical (unpaired) electrons. The largest absolute Gasteiger partial charge is 0.486 e. The lowest BCUT2D eigenvalue weighted by atomic mass is 10.1. The van der Waals surface area contributed by atoms with Crippen LogP contribution in [0.3, 0.4) is 0 Å². The third-order valence-electron chi connectivity index (χ3n) is 3.82. The number of rotatable bonds is 8. The van der Waals surface area contributed by atoms with Crippen LogP contribution in [0.15, 0.2) is 53.7 Å². The Balaban J connectivity index is 1.93.